The molecule has 0 bridgehead atoms. The van der Waals surface area contributed by atoms with E-state index in [0.717, 1.165) is 5.57 Å². The number of fused-ring (bicyclic) bond motifs is 1. The Bertz CT molecular complexity index is 432. The van der Waals surface area contributed by atoms with Crippen molar-refractivity contribution < 1.29 is 4.92 Å². The van der Waals surface area contributed by atoms with Gasteiger partial charge in [-0.3, -0.25) is 10.1 Å². The van der Waals surface area contributed by atoms with E-state index in [2.05, 4.69) is 0 Å². The maximum atomic E-state index is 10.9. The topological polar surface area (TPSA) is 46.4 Å². The Labute approximate surface area is 88.0 Å². The first kappa shape index (κ1) is 9.71. The SMILES string of the molecule is CN1C=CC=C2C([N+](=O)[O-])=CC=CC21C. The fourth-order valence-corrected chi connectivity index (χ4v) is 1.91. The molecule has 4 heteroatoms. The second kappa shape index (κ2) is 3.08. The average Bonchev–Trinajstić information content (AvgIpc) is 2.18. The number of allylic oxidation sites excluding steroid dienone is 4. The van der Waals surface area contributed by atoms with Crippen LogP contribution in [0.15, 0.2) is 47.9 Å². The fourth-order valence-electron chi connectivity index (χ4n) is 1.91. The molecular formula is C11H12N2O2. The van der Waals surface area contributed by atoms with E-state index in [-0.39, 0.29) is 10.6 Å². The zero-order chi connectivity index (χ0) is 11.1. The highest BCUT2D eigenvalue weighted by Crippen LogP contribution is 2.36. The van der Waals surface area contributed by atoms with Gasteiger partial charge in [0, 0.05) is 13.1 Å². The van der Waals surface area contributed by atoms with Crippen molar-refractivity contribution in [2.45, 2.75) is 12.5 Å². The lowest BCUT2D eigenvalue weighted by molar-refractivity contribution is -0.422. The minimum Gasteiger partial charge on any atom is -0.367 e. The molecule has 0 saturated carbocycles. The Hall–Kier alpha value is -1.84. The van der Waals surface area contributed by atoms with Crippen molar-refractivity contribution in [2.75, 3.05) is 7.05 Å². The summed E-state index contributed by atoms with van der Waals surface area (Å²) in [5, 5.41) is 10.9. The number of hydrogen-bond acceptors (Lipinski definition) is 3. The highest BCUT2D eigenvalue weighted by Gasteiger charge is 2.39. The Kier molecular flexibility index (Phi) is 2.00. The van der Waals surface area contributed by atoms with Crippen LogP contribution in [-0.4, -0.2) is 22.4 Å². The van der Waals surface area contributed by atoms with Gasteiger partial charge in [0.05, 0.1) is 16.0 Å². The van der Waals surface area contributed by atoms with Gasteiger partial charge >= 0.3 is 0 Å². The van der Waals surface area contributed by atoms with E-state index in [1.54, 1.807) is 18.2 Å². The summed E-state index contributed by atoms with van der Waals surface area (Å²) < 4.78 is 0. The quantitative estimate of drug-likeness (QED) is 0.483. The summed E-state index contributed by atoms with van der Waals surface area (Å²) in [6, 6.07) is 0. The van der Waals surface area contributed by atoms with Gasteiger partial charge in [-0.25, -0.2) is 0 Å². The summed E-state index contributed by atoms with van der Waals surface area (Å²) in [4.78, 5) is 12.5. The van der Waals surface area contributed by atoms with Gasteiger partial charge in [-0.1, -0.05) is 12.2 Å². The number of hydrogen-bond donors (Lipinski definition) is 0. The molecule has 1 unspecified atom stereocenters. The summed E-state index contributed by atoms with van der Waals surface area (Å²) in [5.41, 5.74) is 0.516. The third kappa shape index (κ3) is 1.29. The molecule has 0 spiro atoms. The van der Waals surface area contributed by atoms with Gasteiger partial charge in [-0.15, -0.1) is 0 Å². The first-order valence-corrected chi connectivity index (χ1v) is 4.72. The van der Waals surface area contributed by atoms with E-state index in [9.17, 15) is 10.1 Å². The van der Waals surface area contributed by atoms with Crippen LogP contribution in [0.25, 0.3) is 0 Å². The molecule has 1 aliphatic heterocycles. The molecule has 78 valence electrons. The largest absolute Gasteiger partial charge is 0.367 e. The van der Waals surface area contributed by atoms with Crippen LogP contribution in [0.3, 0.4) is 0 Å². The van der Waals surface area contributed by atoms with Gasteiger partial charge in [0.25, 0.3) is 5.70 Å². The molecule has 0 radical (unpaired) electrons. The first-order chi connectivity index (χ1) is 7.05. The molecule has 0 amide bonds. The number of nitro groups is 1. The second-order valence-electron chi connectivity index (χ2n) is 3.85. The van der Waals surface area contributed by atoms with Gasteiger partial charge in [0.1, 0.15) is 0 Å². The van der Waals surface area contributed by atoms with Crippen LogP contribution in [0, 0.1) is 10.1 Å². The second-order valence-corrected chi connectivity index (χ2v) is 3.85. The highest BCUT2D eigenvalue weighted by atomic mass is 16.6. The lowest BCUT2D eigenvalue weighted by atomic mass is 9.83. The van der Waals surface area contributed by atoms with Crippen molar-refractivity contribution in [2.24, 2.45) is 0 Å². The molecule has 0 aromatic carbocycles. The van der Waals surface area contributed by atoms with Crippen LogP contribution in [0.1, 0.15) is 6.92 Å². The van der Waals surface area contributed by atoms with Crippen molar-refractivity contribution in [3.63, 3.8) is 0 Å². The van der Waals surface area contributed by atoms with Crippen molar-refractivity contribution in [3.05, 3.63) is 58.0 Å². The fraction of sp³-hybridized carbons (Fsp3) is 0.273. The van der Waals surface area contributed by atoms with Crippen molar-refractivity contribution in [1.82, 2.24) is 4.90 Å². The van der Waals surface area contributed by atoms with E-state index in [1.165, 1.54) is 0 Å². The zero-order valence-electron chi connectivity index (χ0n) is 8.68. The van der Waals surface area contributed by atoms with Crippen molar-refractivity contribution in [1.29, 1.82) is 0 Å². The van der Waals surface area contributed by atoms with E-state index < -0.39 is 5.54 Å². The monoisotopic (exact) mass is 204 g/mol. The van der Waals surface area contributed by atoms with E-state index in [0.29, 0.717) is 0 Å². The minimum absolute atomic E-state index is 0.177. The predicted octanol–water partition coefficient (Wildman–Crippen LogP) is 1.86. The standard InChI is InChI=1S/C11H12N2O2/c1-11-7-3-6-10(13(14)15)9(11)5-4-8-12(11)2/h3-8H,1-2H3. The summed E-state index contributed by atoms with van der Waals surface area (Å²) in [7, 11) is 1.91. The van der Waals surface area contributed by atoms with Gasteiger partial charge in [0.15, 0.2) is 0 Å². The minimum atomic E-state index is -0.397. The molecule has 1 atom stereocenters. The Morgan fingerprint density at radius 2 is 2.13 bits per heavy atom. The maximum absolute atomic E-state index is 10.9. The first-order valence-electron chi connectivity index (χ1n) is 4.72. The molecule has 0 aromatic rings. The van der Waals surface area contributed by atoms with Crippen LogP contribution >= 0.6 is 0 Å². The molecule has 0 saturated heterocycles. The van der Waals surface area contributed by atoms with Gasteiger partial charge in [-0.2, -0.15) is 0 Å². The highest BCUT2D eigenvalue weighted by molar-refractivity contribution is 5.49. The van der Waals surface area contributed by atoms with Crippen molar-refractivity contribution in [3.8, 4) is 0 Å². The molecule has 0 aromatic heterocycles. The van der Waals surface area contributed by atoms with E-state index >= 15 is 0 Å². The summed E-state index contributed by atoms with van der Waals surface area (Å²) in [6.07, 6.45) is 10.8. The van der Waals surface area contributed by atoms with Gasteiger partial charge < -0.3 is 4.90 Å². The van der Waals surface area contributed by atoms with Crippen LogP contribution in [0.4, 0.5) is 0 Å². The van der Waals surface area contributed by atoms with Crippen LogP contribution in [0.5, 0.6) is 0 Å². The van der Waals surface area contributed by atoms with Gasteiger partial charge in [0.2, 0.25) is 0 Å². The third-order valence-corrected chi connectivity index (χ3v) is 3.00. The normalized spacial score (nSPS) is 28.3. The maximum Gasteiger partial charge on any atom is 0.275 e. The lowest BCUT2D eigenvalue weighted by Gasteiger charge is -2.39. The summed E-state index contributed by atoms with van der Waals surface area (Å²) in [5.74, 6) is 0. The van der Waals surface area contributed by atoms with Crippen LogP contribution in [0.2, 0.25) is 0 Å². The lowest BCUT2D eigenvalue weighted by Crippen LogP contribution is -2.44. The Balaban J connectivity index is 2.54. The Morgan fingerprint density at radius 1 is 1.40 bits per heavy atom. The van der Waals surface area contributed by atoms with E-state index in [4.69, 9.17) is 0 Å². The van der Waals surface area contributed by atoms with Gasteiger partial charge in [-0.05, 0) is 25.3 Å². The third-order valence-electron chi connectivity index (χ3n) is 3.00. The molecule has 4 nitrogen and oxygen atoms in total. The summed E-state index contributed by atoms with van der Waals surface area (Å²) in [6.45, 7) is 1.97. The molecule has 1 heterocycles. The van der Waals surface area contributed by atoms with E-state index in [1.807, 2.05) is 37.2 Å². The number of rotatable bonds is 1. The molecule has 0 fully saturated rings. The predicted molar refractivity (Wildman–Crippen MR) is 57.6 cm³/mol. The Morgan fingerprint density at radius 3 is 2.80 bits per heavy atom. The molecule has 1 aliphatic carbocycles. The molecule has 0 N–H and O–H groups in total. The molecule has 2 rings (SSSR count). The molecule has 15 heavy (non-hydrogen) atoms. The van der Waals surface area contributed by atoms with Crippen molar-refractivity contribution >= 4 is 0 Å². The molecular weight excluding hydrogens is 192 g/mol. The van der Waals surface area contributed by atoms with Crippen LogP contribution < -0.4 is 0 Å². The average molecular weight is 204 g/mol. The number of likely N-dealkylation sites (N-methyl/N-ethyl adjacent to an activating group) is 1. The summed E-state index contributed by atoms with van der Waals surface area (Å²) >= 11 is 0. The number of nitrogens with zero attached hydrogens (tertiary/aromatic N) is 2. The zero-order valence-corrected chi connectivity index (χ0v) is 8.68. The molecule has 2 aliphatic rings. The smallest absolute Gasteiger partial charge is 0.275 e. The van der Waals surface area contributed by atoms with Crippen LogP contribution in [-0.2, 0) is 0 Å².